The number of fused-ring (bicyclic) bond motifs is 1. The molecule has 0 saturated heterocycles. The third kappa shape index (κ3) is 4.26. The first-order valence-electron chi connectivity index (χ1n) is 8.34. The average molecular weight is 393 g/mol. The first kappa shape index (κ1) is 18.9. The Labute approximate surface area is 162 Å². The van der Waals surface area contributed by atoms with Gasteiger partial charge >= 0.3 is 5.97 Å². The second-order valence-corrected chi connectivity index (χ2v) is 8.21. The molecule has 1 aromatic heterocycles. The van der Waals surface area contributed by atoms with Crippen molar-refractivity contribution in [1.82, 2.24) is 9.80 Å². The molecule has 2 aromatic rings. The van der Waals surface area contributed by atoms with Gasteiger partial charge in [0.15, 0.2) is 0 Å². The fourth-order valence-electron chi connectivity index (χ4n) is 3.21. The Morgan fingerprint density at radius 2 is 2.00 bits per heavy atom. The van der Waals surface area contributed by atoms with Crippen LogP contribution in [0.3, 0.4) is 0 Å². The zero-order chi connectivity index (χ0) is 18.7. The lowest BCUT2D eigenvalue weighted by Crippen LogP contribution is -2.51. The Bertz CT molecular complexity index is 808. The fraction of sp³-hybridized carbons (Fsp3) is 0.368. The largest absolute Gasteiger partial charge is 0.467 e. The van der Waals surface area contributed by atoms with Crippen molar-refractivity contribution in [3.8, 4) is 0 Å². The summed E-state index contributed by atoms with van der Waals surface area (Å²) in [6.07, 6.45) is 0.485. The minimum absolute atomic E-state index is 0.0833. The molecule has 1 aliphatic rings. The zero-order valence-electron chi connectivity index (χ0n) is 14.8. The molecule has 7 heteroatoms. The maximum absolute atomic E-state index is 12.9. The van der Waals surface area contributed by atoms with Crippen LogP contribution in [0.15, 0.2) is 36.4 Å². The van der Waals surface area contributed by atoms with Gasteiger partial charge in [-0.3, -0.25) is 9.69 Å². The van der Waals surface area contributed by atoms with Crippen molar-refractivity contribution < 1.29 is 14.3 Å². The molecule has 26 heavy (non-hydrogen) atoms. The van der Waals surface area contributed by atoms with E-state index in [0.29, 0.717) is 19.5 Å². The monoisotopic (exact) mass is 392 g/mol. The number of benzene rings is 1. The molecule has 0 N–H and O–H groups in total. The van der Waals surface area contributed by atoms with Crippen LogP contribution in [0.1, 0.15) is 16.0 Å². The summed E-state index contributed by atoms with van der Waals surface area (Å²) in [5.41, 5.74) is 2.17. The smallest absolute Gasteiger partial charge is 0.328 e. The number of ether oxygens (including phenoxy) is 1. The molecule has 5 nitrogen and oxygen atoms in total. The van der Waals surface area contributed by atoms with Gasteiger partial charge in [0.1, 0.15) is 6.04 Å². The molecule has 1 aliphatic heterocycles. The first-order valence-corrected chi connectivity index (χ1v) is 9.54. The van der Waals surface area contributed by atoms with Crippen LogP contribution in [0.4, 0.5) is 0 Å². The summed E-state index contributed by atoms with van der Waals surface area (Å²) in [5, 5.41) is 0. The van der Waals surface area contributed by atoms with Crippen LogP contribution in [0, 0.1) is 0 Å². The van der Waals surface area contributed by atoms with Crippen LogP contribution < -0.4 is 0 Å². The van der Waals surface area contributed by atoms with Crippen molar-refractivity contribution in [3.05, 3.63) is 56.7 Å². The molecular formula is C19H21ClN2O3S. The van der Waals surface area contributed by atoms with Crippen LogP contribution >= 0.6 is 22.9 Å². The number of carbonyl (C=O) groups is 2. The molecule has 0 fully saturated rings. The van der Waals surface area contributed by atoms with E-state index in [4.69, 9.17) is 16.3 Å². The Balaban J connectivity index is 1.72. The summed E-state index contributed by atoms with van der Waals surface area (Å²) < 4.78 is 5.66. The van der Waals surface area contributed by atoms with Gasteiger partial charge in [0.2, 0.25) is 5.91 Å². The third-order valence-electron chi connectivity index (χ3n) is 4.50. The van der Waals surface area contributed by atoms with Crippen LogP contribution in [0.25, 0.3) is 0 Å². The summed E-state index contributed by atoms with van der Waals surface area (Å²) in [4.78, 5) is 29.8. The van der Waals surface area contributed by atoms with Gasteiger partial charge in [-0.25, -0.2) is 4.79 Å². The molecule has 0 bridgehead atoms. The van der Waals surface area contributed by atoms with Crippen molar-refractivity contribution in [2.75, 3.05) is 20.7 Å². The molecule has 1 aromatic carbocycles. The predicted octanol–water partition coefficient (Wildman–Crippen LogP) is 2.96. The number of carbonyl (C=O) groups excluding carboxylic acids is 2. The molecular weight excluding hydrogens is 372 g/mol. The van der Waals surface area contributed by atoms with Gasteiger partial charge in [-0.2, -0.15) is 0 Å². The highest BCUT2D eigenvalue weighted by atomic mass is 35.5. The number of thiophene rings is 1. The minimum atomic E-state index is -0.577. The van der Waals surface area contributed by atoms with Crippen molar-refractivity contribution >= 4 is 34.8 Å². The minimum Gasteiger partial charge on any atom is -0.467 e. The number of amides is 1. The Kier molecular flexibility index (Phi) is 5.96. The number of nitrogens with zero attached hydrogens (tertiary/aromatic N) is 2. The lowest BCUT2D eigenvalue weighted by molar-refractivity contribution is -0.154. The Morgan fingerprint density at radius 3 is 2.65 bits per heavy atom. The number of likely N-dealkylation sites (N-methyl/N-ethyl adjacent to an activating group) is 1. The van der Waals surface area contributed by atoms with E-state index >= 15 is 0 Å². The molecule has 1 unspecified atom stereocenters. The fourth-order valence-corrected chi connectivity index (χ4v) is 4.38. The predicted molar refractivity (Wildman–Crippen MR) is 102 cm³/mol. The molecule has 138 valence electrons. The van der Waals surface area contributed by atoms with Crippen molar-refractivity contribution in [2.45, 2.75) is 25.6 Å². The highest BCUT2D eigenvalue weighted by molar-refractivity contribution is 7.16. The molecule has 1 amide bonds. The summed E-state index contributed by atoms with van der Waals surface area (Å²) in [7, 11) is 3.24. The van der Waals surface area contributed by atoms with Crippen molar-refractivity contribution in [3.63, 3.8) is 0 Å². The van der Waals surface area contributed by atoms with Crippen LogP contribution in [-0.4, -0.2) is 48.4 Å². The van der Waals surface area contributed by atoms with Gasteiger partial charge < -0.3 is 9.64 Å². The van der Waals surface area contributed by atoms with Gasteiger partial charge in [-0.05, 0) is 30.3 Å². The van der Waals surface area contributed by atoms with Gasteiger partial charge in [0.25, 0.3) is 0 Å². The van der Waals surface area contributed by atoms with E-state index in [1.54, 1.807) is 4.90 Å². The molecule has 0 spiro atoms. The second kappa shape index (κ2) is 8.20. The van der Waals surface area contributed by atoms with Gasteiger partial charge in [-0.1, -0.05) is 35.9 Å². The van der Waals surface area contributed by atoms with Crippen LogP contribution in [0.5, 0.6) is 0 Å². The number of halogens is 1. The average Bonchev–Trinajstić information content (AvgIpc) is 3.04. The topological polar surface area (TPSA) is 49.9 Å². The Morgan fingerprint density at radius 1 is 1.27 bits per heavy atom. The Hall–Kier alpha value is -1.89. The molecule has 2 heterocycles. The van der Waals surface area contributed by atoms with Crippen molar-refractivity contribution in [2.24, 2.45) is 0 Å². The van der Waals surface area contributed by atoms with E-state index in [1.165, 1.54) is 18.4 Å². The van der Waals surface area contributed by atoms with E-state index in [-0.39, 0.29) is 18.4 Å². The summed E-state index contributed by atoms with van der Waals surface area (Å²) >= 11 is 7.47. The number of hydrogen-bond donors (Lipinski definition) is 0. The van der Waals surface area contributed by atoms with Gasteiger partial charge in [-0.15, -0.1) is 11.3 Å². The van der Waals surface area contributed by atoms with E-state index in [0.717, 1.165) is 20.3 Å². The SMILES string of the molecule is COC(=O)C1Cc2ccccc2CN1C(=O)CN(C)Cc1ccc(Cl)s1. The summed E-state index contributed by atoms with van der Waals surface area (Å²) in [5.74, 6) is -0.458. The van der Waals surface area contributed by atoms with E-state index in [2.05, 4.69) is 0 Å². The lowest BCUT2D eigenvalue weighted by atomic mass is 9.94. The second-order valence-electron chi connectivity index (χ2n) is 6.41. The maximum Gasteiger partial charge on any atom is 0.328 e. The number of methoxy groups -OCH3 is 1. The van der Waals surface area contributed by atoms with Crippen LogP contribution in [0.2, 0.25) is 4.34 Å². The highest BCUT2D eigenvalue weighted by Crippen LogP contribution is 2.25. The molecule has 0 radical (unpaired) electrons. The molecule has 3 rings (SSSR count). The van der Waals surface area contributed by atoms with E-state index in [9.17, 15) is 9.59 Å². The zero-order valence-corrected chi connectivity index (χ0v) is 16.3. The summed E-state index contributed by atoms with van der Waals surface area (Å²) in [6.45, 7) is 1.29. The van der Waals surface area contributed by atoms with Gasteiger partial charge in [0.05, 0.1) is 18.0 Å². The van der Waals surface area contributed by atoms with Gasteiger partial charge in [0, 0.05) is 24.4 Å². The standard InChI is InChI=1S/C19H21ClN2O3S/c1-21(11-15-7-8-17(20)26-15)12-18(23)22-10-14-6-4-3-5-13(14)9-16(22)19(24)25-2/h3-8,16H,9-12H2,1-2H3. The third-order valence-corrected chi connectivity index (χ3v) is 5.72. The molecule has 0 aliphatic carbocycles. The number of rotatable bonds is 5. The van der Waals surface area contributed by atoms with Crippen molar-refractivity contribution in [1.29, 1.82) is 0 Å². The quantitative estimate of drug-likeness (QED) is 0.734. The summed E-state index contributed by atoms with van der Waals surface area (Å²) in [6, 6.07) is 11.1. The lowest BCUT2D eigenvalue weighted by Gasteiger charge is -2.36. The van der Waals surface area contributed by atoms with E-state index in [1.807, 2.05) is 48.3 Å². The van der Waals surface area contributed by atoms with E-state index < -0.39 is 6.04 Å². The first-order chi connectivity index (χ1) is 12.5. The number of esters is 1. The molecule has 1 atom stereocenters. The highest BCUT2D eigenvalue weighted by Gasteiger charge is 2.35. The normalized spacial score (nSPS) is 16.5. The van der Waals surface area contributed by atoms with Crippen LogP contribution in [-0.2, 0) is 33.8 Å². The number of hydrogen-bond acceptors (Lipinski definition) is 5. The molecule has 0 saturated carbocycles. The maximum atomic E-state index is 12.9.